The number of hydrogen-bond donors (Lipinski definition) is 1. The van der Waals surface area contributed by atoms with E-state index < -0.39 is 0 Å². The molecule has 0 bridgehead atoms. The Bertz CT molecular complexity index is 1640. The number of thioether (sulfide) groups is 1. The molecule has 1 N–H and O–H groups in total. The van der Waals surface area contributed by atoms with Gasteiger partial charge in [0.1, 0.15) is 10.6 Å². The van der Waals surface area contributed by atoms with E-state index in [4.69, 9.17) is 9.72 Å². The zero-order valence-electron chi connectivity index (χ0n) is 24.1. The number of carbonyl (C=O) groups excluding carboxylic acids is 1. The molecule has 0 aliphatic heterocycles. The van der Waals surface area contributed by atoms with E-state index in [0.717, 1.165) is 52.9 Å². The molecule has 2 aromatic heterocycles. The lowest BCUT2D eigenvalue weighted by Crippen LogP contribution is -2.29. The molecule has 0 radical (unpaired) electrons. The standard InChI is InChI=1S/C32H37N3O3S2/c1-7-32(4,5)21-14-15-22-26(17-21)40-29-28(22)30(37)35(24-10-8-9-11-25(24)38-6)31(34-29)39-18-27(36)33-23-16-19(2)12-13-20(23)3/h8-13,16,21H,7,14-15,17-18H2,1-6H3,(H,33,36)/t21-/m0/s1. The van der Waals surface area contributed by atoms with E-state index in [1.807, 2.05) is 56.3 Å². The van der Waals surface area contributed by atoms with Crippen LogP contribution in [0.15, 0.2) is 52.4 Å². The zero-order chi connectivity index (χ0) is 28.6. The normalized spacial score (nSPS) is 15.2. The van der Waals surface area contributed by atoms with Gasteiger partial charge in [-0.3, -0.25) is 14.2 Å². The van der Waals surface area contributed by atoms with Gasteiger partial charge in [0.05, 0.1) is 23.9 Å². The van der Waals surface area contributed by atoms with Crippen molar-refractivity contribution in [3.63, 3.8) is 0 Å². The first kappa shape index (κ1) is 28.4. The van der Waals surface area contributed by atoms with Crippen LogP contribution in [0.4, 0.5) is 5.69 Å². The van der Waals surface area contributed by atoms with Crippen LogP contribution in [-0.4, -0.2) is 28.3 Å². The number of anilines is 1. The first-order valence-corrected chi connectivity index (χ1v) is 15.6. The quantitative estimate of drug-likeness (QED) is 0.176. The molecule has 1 atom stereocenters. The molecule has 40 heavy (non-hydrogen) atoms. The third kappa shape index (κ3) is 5.44. The largest absolute Gasteiger partial charge is 0.495 e. The summed E-state index contributed by atoms with van der Waals surface area (Å²) < 4.78 is 7.27. The van der Waals surface area contributed by atoms with Crippen LogP contribution in [-0.2, 0) is 17.6 Å². The highest BCUT2D eigenvalue weighted by Crippen LogP contribution is 2.44. The van der Waals surface area contributed by atoms with Gasteiger partial charge < -0.3 is 10.1 Å². The summed E-state index contributed by atoms with van der Waals surface area (Å²) in [6.45, 7) is 10.9. The monoisotopic (exact) mass is 575 g/mol. The van der Waals surface area contributed by atoms with Crippen LogP contribution in [0.1, 0.15) is 55.2 Å². The average molecular weight is 576 g/mol. The van der Waals surface area contributed by atoms with Gasteiger partial charge in [-0.05, 0) is 79.3 Å². The van der Waals surface area contributed by atoms with Crippen molar-refractivity contribution in [2.24, 2.45) is 11.3 Å². The van der Waals surface area contributed by atoms with Gasteiger partial charge in [0.25, 0.3) is 5.56 Å². The third-order valence-electron chi connectivity index (χ3n) is 8.39. The Morgan fingerprint density at radius 3 is 2.75 bits per heavy atom. The number of aromatic nitrogens is 2. The summed E-state index contributed by atoms with van der Waals surface area (Å²) in [5.74, 6) is 1.14. The van der Waals surface area contributed by atoms with Gasteiger partial charge in [-0.15, -0.1) is 11.3 Å². The number of benzene rings is 2. The van der Waals surface area contributed by atoms with Gasteiger partial charge >= 0.3 is 0 Å². The van der Waals surface area contributed by atoms with E-state index in [1.54, 1.807) is 23.0 Å². The van der Waals surface area contributed by atoms with Gasteiger partial charge in [-0.1, -0.05) is 63.2 Å². The average Bonchev–Trinajstić information content (AvgIpc) is 3.32. The van der Waals surface area contributed by atoms with Crippen LogP contribution in [0.25, 0.3) is 15.9 Å². The molecule has 4 aromatic rings. The Balaban J connectivity index is 1.55. The Kier molecular flexibility index (Phi) is 8.11. The number of fused-ring (bicyclic) bond motifs is 3. The van der Waals surface area contributed by atoms with Crippen molar-refractivity contribution < 1.29 is 9.53 Å². The highest BCUT2D eigenvalue weighted by Gasteiger charge is 2.34. The Labute approximate surface area is 244 Å². The molecule has 210 valence electrons. The first-order valence-electron chi connectivity index (χ1n) is 13.8. The van der Waals surface area contributed by atoms with E-state index in [2.05, 4.69) is 26.1 Å². The van der Waals surface area contributed by atoms with Gasteiger partial charge in [-0.25, -0.2) is 4.98 Å². The fourth-order valence-corrected chi connectivity index (χ4v) is 7.62. The number of carbonyl (C=O) groups is 1. The molecular weight excluding hydrogens is 539 g/mol. The maximum absolute atomic E-state index is 14.3. The van der Waals surface area contributed by atoms with Crippen LogP contribution >= 0.6 is 23.1 Å². The zero-order valence-corrected chi connectivity index (χ0v) is 25.7. The number of thiophene rings is 1. The fraction of sp³-hybridized carbons (Fsp3) is 0.406. The van der Waals surface area contributed by atoms with E-state index in [9.17, 15) is 9.59 Å². The number of nitrogens with one attached hydrogen (secondary N) is 1. The molecule has 5 rings (SSSR count). The summed E-state index contributed by atoms with van der Waals surface area (Å²) in [5.41, 5.74) is 4.81. The smallest absolute Gasteiger partial charge is 0.267 e. The van der Waals surface area contributed by atoms with Gasteiger partial charge in [0, 0.05) is 10.6 Å². The van der Waals surface area contributed by atoms with Gasteiger partial charge in [-0.2, -0.15) is 0 Å². The second-order valence-corrected chi connectivity index (χ2v) is 13.4. The molecule has 8 heteroatoms. The molecule has 1 aliphatic rings. The van der Waals surface area contributed by atoms with Crippen LogP contribution in [0.2, 0.25) is 0 Å². The highest BCUT2D eigenvalue weighted by molar-refractivity contribution is 7.99. The van der Waals surface area contributed by atoms with E-state index in [1.165, 1.54) is 16.6 Å². The number of para-hydroxylation sites is 2. The Morgan fingerprint density at radius 1 is 1.23 bits per heavy atom. The maximum Gasteiger partial charge on any atom is 0.267 e. The molecule has 2 aromatic carbocycles. The third-order valence-corrected chi connectivity index (χ3v) is 10.5. The summed E-state index contributed by atoms with van der Waals surface area (Å²) in [6, 6.07) is 13.5. The topological polar surface area (TPSA) is 73.2 Å². The minimum absolute atomic E-state index is 0.0994. The lowest BCUT2D eigenvalue weighted by Gasteiger charge is -2.36. The van der Waals surface area contributed by atoms with Crippen LogP contribution in [0, 0.1) is 25.2 Å². The first-order chi connectivity index (χ1) is 19.1. The second kappa shape index (κ2) is 11.4. The number of rotatable bonds is 8. The molecular formula is C32H37N3O3S2. The fourth-order valence-electron chi connectivity index (χ4n) is 5.47. The van der Waals surface area contributed by atoms with Crippen molar-refractivity contribution in [1.29, 1.82) is 0 Å². The lowest BCUT2D eigenvalue weighted by molar-refractivity contribution is -0.113. The number of methoxy groups -OCH3 is 1. The predicted octanol–water partition coefficient (Wildman–Crippen LogP) is 7.34. The summed E-state index contributed by atoms with van der Waals surface area (Å²) >= 11 is 2.92. The van der Waals surface area contributed by atoms with Crippen molar-refractivity contribution in [2.45, 2.75) is 65.5 Å². The van der Waals surface area contributed by atoms with Crippen molar-refractivity contribution in [2.75, 3.05) is 18.2 Å². The number of aryl methyl sites for hydroxylation is 3. The molecule has 1 amide bonds. The second-order valence-electron chi connectivity index (χ2n) is 11.3. The predicted molar refractivity (Wildman–Crippen MR) is 167 cm³/mol. The summed E-state index contributed by atoms with van der Waals surface area (Å²) in [7, 11) is 1.60. The van der Waals surface area contributed by atoms with E-state index in [-0.39, 0.29) is 22.6 Å². The van der Waals surface area contributed by atoms with Crippen molar-refractivity contribution in [1.82, 2.24) is 9.55 Å². The highest BCUT2D eigenvalue weighted by atomic mass is 32.2. The molecule has 6 nitrogen and oxygen atoms in total. The molecule has 0 spiro atoms. The molecule has 0 unspecified atom stereocenters. The molecule has 0 saturated heterocycles. The van der Waals surface area contributed by atoms with Crippen LogP contribution < -0.4 is 15.6 Å². The summed E-state index contributed by atoms with van der Waals surface area (Å²) in [5, 5.41) is 4.22. The number of amides is 1. The molecule has 2 heterocycles. The van der Waals surface area contributed by atoms with Crippen molar-refractivity contribution in [3.05, 3.63) is 74.4 Å². The minimum Gasteiger partial charge on any atom is -0.495 e. The number of ether oxygens (including phenoxy) is 1. The Morgan fingerprint density at radius 2 is 2.00 bits per heavy atom. The summed E-state index contributed by atoms with van der Waals surface area (Å²) in [6.07, 6.45) is 4.06. The van der Waals surface area contributed by atoms with Crippen LogP contribution in [0.3, 0.4) is 0 Å². The lowest BCUT2D eigenvalue weighted by atomic mass is 9.70. The van der Waals surface area contributed by atoms with Gasteiger partial charge in [0.2, 0.25) is 5.91 Å². The van der Waals surface area contributed by atoms with Crippen LogP contribution in [0.5, 0.6) is 5.75 Å². The molecule has 0 saturated carbocycles. The molecule has 0 fully saturated rings. The van der Waals surface area contributed by atoms with E-state index in [0.29, 0.717) is 27.9 Å². The maximum atomic E-state index is 14.3. The van der Waals surface area contributed by atoms with Crippen molar-refractivity contribution >= 4 is 44.9 Å². The van der Waals surface area contributed by atoms with Crippen molar-refractivity contribution in [3.8, 4) is 11.4 Å². The number of nitrogens with zero attached hydrogens (tertiary/aromatic N) is 2. The van der Waals surface area contributed by atoms with Gasteiger partial charge in [0.15, 0.2) is 5.16 Å². The van der Waals surface area contributed by atoms with E-state index >= 15 is 0 Å². The SMILES string of the molecule is CCC(C)(C)[C@H]1CCc2c(sc3nc(SCC(=O)Nc4cc(C)ccc4C)n(-c4ccccc4OC)c(=O)c23)C1. The minimum atomic E-state index is -0.144. The molecule has 1 aliphatic carbocycles. The summed E-state index contributed by atoms with van der Waals surface area (Å²) in [4.78, 5) is 34.3. The Hall–Kier alpha value is -3.10. The number of hydrogen-bond acceptors (Lipinski definition) is 6.